The van der Waals surface area contributed by atoms with Crippen molar-refractivity contribution in [3.63, 3.8) is 0 Å². The number of anilines is 1. The molecule has 2 aromatic rings. The summed E-state index contributed by atoms with van der Waals surface area (Å²) >= 11 is 3.42. The Morgan fingerprint density at radius 1 is 1.29 bits per heavy atom. The Morgan fingerprint density at radius 2 is 2.12 bits per heavy atom. The van der Waals surface area contributed by atoms with Crippen molar-refractivity contribution in [1.82, 2.24) is 0 Å². The van der Waals surface area contributed by atoms with Gasteiger partial charge in [0.15, 0.2) is 0 Å². The first-order chi connectivity index (χ1) is 8.19. The molecule has 0 saturated carbocycles. The molecule has 1 N–H and O–H groups in total. The molecule has 0 aliphatic rings. The van der Waals surface area contributed by atoms with Crippen molar-refractivity contribution in [3.8, 4) is 5.75 Å². The van der Waals surface area contributed by atoms with Gasteiger partial charge in [0.1, 0.15) is 17.3 Å². The molecule has 0 radical (unpaired) electrons. The van der Waals surface area contributed by atoms with Crippen molar-refractivity contribution in [2.24, 2.45) is 0 Å². The number of hydrogen-bond donors (Lipinski definition) is 1. The van der Waals surface area contributed by atoms with Crippen LogP contribution in [0.5, 0.6) is 5.75 Å². The predicted molar refractivity (Wildman–Crippen MR) is 71.5 cm³/mol. The molecule has 0 aliphatic carbocycles. The first-order valence-corrected chi connectivity index (χ1v) is 6.11. The Labute approximate surface area is 109 Å². The average molecular weight is 296 g/mol. The van der Waals surface area contributed by atoms with Gasteiger partial charge in [-0.15, -0.1) is 0 Å². The molecule has 0 amide bonds. The molecule has 4 heteroatoms. The largest absolute Gasteiger partial charge is 0.495 e. The molecule has 1 aromatic carbocycles. The Kier molecular flexibility index (Phi) is 3.74. The zero-order valence-corrected chi connectivity index (χ0v) is 11.4. The summed E-state index contributed by atoms with van der Waals surface area (Å²) in [7, 11) is 1.65. The van der Waals surface area contributed by atoms with Crippen LogP contribution < -0.4 is 10.1 Å². The van der Waals surface area contributed by atoms with Crippen LogP contribution >= 0.6 is 15.9 Å². The van der Waals surface area contributed by atoms with Crippen molar-refractivity contribution in [2.75, 3.05) is 12.4 Å². The number of benzene rings is 1. The van der Waals surface area contributed by atoms with Gasteiger partial charge >= 0.3 is 0 Å². The van der Waals surface area contributed by atoms with Gasteiger partial charge in [-0.3, -0.25) is 0 Å². The SMILES string of the molecule is COc1cc(NCc2ccc(C)o2)ccc1Br. The molecular formula is C13H14BrNO2. The molecule has 3 nitrogen and oxygen atoms in total. The number of halogens is 1. The van der Waals surface area contributed by atoms with Gasteiger partial charge in [0.2, 0.25) is 0 Å². The molecule has 17 heavy (non-hydrogen) atoms. The van der Waals surface area contributed by atoms with Crippen molar-refractivity contribution >= 4 is 21.6 Å². The number of methoxy groups -OCH3 is 1. The van der Waals surface area contributed by atoms with Crippen molar-refractivity contribution in [1.29, 1.82) is 0 Å². The highest BCUT2D eigenvalue weighted by Gasteiger charge is 2.02. The summed E-state index contributed by atoms with van der Waals surface area (Å²) < 4.78 is 11.7. The summed E-state index contributed by atoms with van der Waals surface area (Å²) in [5, 5.41) is 3.28. The number of ether oxygens (including phenoxy) is 1. The summed E-state index contributed by atoms with van der Waals surface area (Å²) in [6, 6.07) is 9.81. The van der Waals surface area contributed by atoms with E-state index in [9.17, 15) is 0 Å². The van der Waals surface area contributed by atoms with Crippen molar-refractivity contribution in [2.45, 2.75) is 13.5 Å². The maximum absolute atomic E-state index is 5.48. The van der Waals surface area contributed by atoms with Crippen LogP contribution in [-0.4, -0.2) is 7.11 Å². The second-order valence-electron chi connectivity index (χ2n) is 3.72. The van der Waals surface area contributed by atoms with E-state index in [1.807, 2.05) is 37.3 Å². The number of nitrogens with one attached hydrogen (secondary N) is 1. The standard InChI is InChI=1S/C13H14BrNO2/c1-9-3-5-11(17-9)8-15-10-4-6-12(14)13(7-10)16-2/h3-7,15H,8H2,1-2H3. The number of hydrogen-bond acceptors (Lipinski definition) is 3. The van der Waals surface area contributed by atoms with Crippen LogP contribution in [0.1, 0.15) is 11.5 Å². The monoisotopic (exact) mass is 295 g/mol. The maximum atomic E-state index is 5.48. The van der Waals surface area contributed by atoms with E-state index in [1.54, 1.807) is 7.11 Å². The molecule has 90 valence electrons. The third-order valence-electron chi connectivity index (χ3n) is 2.41. The third kappa shape index (κ3) is 3.03. The molecule has 0 unspecified atom stereocenters. The molecule has 0 bridgehead atoms. The van der Waals surface area contributed by atoms with E-state index in [2.05, 4.69) is 21.2 Å². The van der Waals surface area contributed by atoms with Crippen LogP contribution in [0.3, 0.4) is 0 Å². The summed E-state index contributed by atoms with van der Waals surface area (Å²) in [5.41, 5.74) is 0.999. The van der Waals surface area contributed by atoms with E-state index >= 15 is 0 Å². The van der Waals surface area contributed by atoms with Crippen molar-refractivity contribution < 1.29 is 9.15 Å². The van der Waals surface area contributed by atoms with Gasteiger partial charge in [0, 0.05) is 11.8 Å². The Morgan fingerprint density at radius 3 is 2.76 bits per heavy atom. The summed E-state index contributed by atoms with van der Waals surface area (Å²) in [6.45, 7) is 2.60. The number of furan rings is 1. The van der Waals surface area contributed by atoms with Gasteiger partial charge in [-0.2, -0.15) is 0 Å². The van der Waals surface area contributed by atoms with Crippen LogP contribution in [0, 0.1) is 6.92 Å². The van der Waals surface area contributed by atoms with Gasteiger partial charge in [-0.05, 0) is 47.1 Å². The summed E-state index contributed by atoms with van der Waals surface area (Å²) in [5.74, 6) is 2.66. The molecule has 0 spiro atoms. The molecule has 0 fully saturated rings. The second-order valence-corrected chi connectivity index (χ2v) is 4.57. The molecule has 1 heterocycles. The molecule has 0 atom stereocenters. The van der Waals surface area contributed by atoms with Crippen molar-refractivity contribution in [3.05, 3.63) is 46.3 Å². The number of rotatable bonds is 4. The third-order valence-corrected chi connectivity index (χ3v) is 3.07. The van der Waals surface area contributed by atoms with Gasteiger partial charge in [-0.1, -0.05) is 0 Å². The van der Waals surface area contributed by atoms with Crippen LogP contribution in [0.2, 0.25) is 0 Å². The highest BCUT2D eigenvalue weighted by atomic mass is 79.9. The zero-order valence-electron chi connectivity index (χ0n) is 9.79. The van der Waals surface area contributed by atoms with Gasteiger partial charge in [0.25, 0.3) is 0 Å². The first kappa shape index (κ1) is 12.0. The average Bonchev–Trinajstić information content (AvgIpc) is 2.74. The number of aryl methyl sites for hydroxylation is 1. The van der Waals surface area contributed by atoms with Gasteiger partial charge in [-0.25, -0.2) is 0 Å². The minimum atomic E-state index is 0.665. The van der Waals surface area contributed by atoms with E-state index < -0.39 is 0 Å². The summed E-state index contributed by atoms with van der Waals surface area (Å²) in [6.07, 6.45) is 0. The fourth-order valence-electron chi connectivity index (χ4n) is 1.54. The van der Waals surface area contributed by atoms with E-state index in [0.717, 1.165) is 27.4 Å². The quantitative estimate of drug-likeness (QED) is 0.927. The smallest absolute Gasteiger partial charge is 0.135 e. The van der Waals surface area contributed by atoms with Crippen LogP contribution in [0.15, 0.2) is 39.2 Å². The van der Waals surface area contributed by atoms with E-state index in [0.29, 0.717) is 6.54 Å². The maximum Gasteiger partial charge on any atom is 0.135 e. The molecule has 0 saturated heterocycles. The minimum absolute atomic E-state index is 0.665. The predicted octanol–water partition coefficient (Wildman–Crippen LogP) is 3.97. The highest BCUT2D eigenvalue weighted by Crippen LogP contribution is 2.28. The first-order valence-electron chi connectivity index (χ1n) is 5.32. The Balaban J connectivity index is 2.04. The van der Waals surface area contributed by atoms with Crippen LogP contribution in [0.4, 0.5) is 5.69 Å². The van der Waals surface area contributed by atoms with Crippen LogP contribution in [-0.2, 0) is 6.54 Å². The second kappa shape index (κ2) is 5.27. The lowest BCUT2D eigenvalue weighted by atomic mass is 10.3. The minimum Gasteiger partial charge on any atom is -0.495 e. The lowest BCUT2D eigenvalue weighted by Gasteiger charge is -2.08. The van der Waals surface area contributed by atoms with Crippen LogP contribution in [0.25, 0.3) is 0 Å². The molecule has 0 aliphatic heterocycles. The zero-order chi connectivity index (χ0) is 12.3. The summed E-state index contributed by atoms with van der Waals surface area (Å²) in [4.78, 5) is 0. The molecule has 2 rings (SSSR count). The van der Waals surface area contributed by atoms with Gasteiger partial charge in [0.05, 0.1) is 18.1 Å². The normalized spacial score (nSPS) is 10.3. The fourth-order valence-corrected chi connectivity index (χ4v) is 1.95. The topological polar surface area (TPSA) is 34.4 Å². The van der Waals surface area contributed by atoms with E-state index in [1.165, 1.54) is 0 Å². The van der Waals surface area contributed by atoms with E-state index in [-0.39, 0.29) is 0 Å². The molecule has 1 aromatic heterocycles. The lowest BCUT2D eigenvalue weighted by Crippen LogP contribution is -1.98. The van der Waals surface area contributed by atoms with E-state index in [4.69, 9.17) is 9.15 Å². The Hall–Kier alpha value is -1.42. The molecular weight excluding hydrogens is 282 g/mol. The lowest BCUT2D eigenvalue weighted by molar-refractivity contribution is 0.412. The highest BCUT2D eigenvalue weighted by molar-refractivity contribution is 9.10. The fraction of sp³-hybridized carbons (Fsp3) is 0.231. The Bertz CT molecular complexity index is 508. The van der Waals surface area contributed by atoms with Gasteiger partial charge < -0.3 is 14.5 Å².